The number of aromatic nitrogens is 4. The third-order valence-corrected chi connectivity index (χ3v) is 10.9. The lowest BCUT2D eigenvalue weighted by atomic mass is 10.0. The standard InChI is InChI=1S/C48H28N4O/c1-2-14-32(15-3-1)51-41-20-10-7-16-33(41)36-27-37-34-17-8-11-21-42(34)52(44(37)28-43(36)51)48-49-40-19-9-6-18-35(40)47(50-48)31-22-23-45-38(25-31)39-24-29-12-4-5-13-30(29)26-46(39)53-45/h1-28H. The van der Waals surface area contributed by atoms with Gasteiger partial charge in [0.1, 0.15) is 11.2 Å². The van der Waals surface area contributed by atoms with Crippen LogP contribution in [0.4, 0.5) is 0 Å². The van der Waals surface area contributed by atoms with E-state index in [-0.39, 0.29) is 0 Å². The minimum atomic E-state index is 0.634. The van der Waals surface area contributed by atoms with Crippen LogP contribution in [0.25, 0.3) is 110 Å². The molecule has 0 spiro atoms. The molecule has 0 radical (unpaired) electrons. The normalized spacial score (nSPS) is 12.2. The molecule has 0 aliphatic heterocycles. The van der Waals surface area contributed by atoms with Crippen molar-refractivity contribution in [1.29, 1.82) is 0 Å². The Kier molecular flexibility index (Phi) is 5.71. The molecule has 0 unspecified atom stereocenters. The van der Waals surface area contributed by atoms with E-state index in [1.807, 2.05) is 0 Å². The average molecular weight is 677 g/mol. The molecular weight excluding hydrogens is 649 g/mol. The monoisotopic (exact) mass is 676 g/mol. The first-order valence-electron chi connectivity index (χ1n) is 17.9. The molecule has 0 fully saturated rings. The molecule has 8 aromatic carbocycles. The molecule has 0 atom stereocenters. The average Bonchev–Trinajstić information content (AvgIpc) is 3.85. The molecule has 246 valence electrons. The van der Waals surface area contributed by atoms with Crippen LogP contribution >= 0.6 is 0 Å². The number of furan rings is 1. The molecule has 5 heteroatoms. The second-order valence-electron chi connectivity index (χ2n) is 13.8. The van der Waals surface area contributed by atoms with E-state index in [1.54, 1.807) is 0 Å². The van der Waals surface area contributed by atoms with Crippen molar-refractivity contribution in [3.05, 3.63) is 170 Å². The third kappa shape index (κ3) is 4.07. The van der Waals surface area contributed by atoms with Crippen LogP contribution in [-0.2, 0) is 0 Å². The number of hydrogen-bond donors (Lipinski definition) is 0. The zero-order chi connectivity index (χ0) is 34.6. The highest BCUT2D eigenvalue weighted by Gasteiger charge is 2.21. The van der Waals surface area contributed by atoms with Crippen molar-refractivity contribution < 1.29 is 4.42 Å². The molecule has 5 nitrogen and oxygen atoms in total. The number of fused-ring (bicyclic) bond motifs is 11. The molecular formula is C48H28N4O. The quantitative estimate of drug-likeness (QED) is 0.187. The van der Waals surface area contributed by atoms with Crippen molar-refractivity contribution in [2.45, 2.75) is 0 Å². The van der Waals surface area contributed by atoms with Crippen LogP contribution in [0.1, 0.15) is 0 Å². The number of benzene rings is 8. The Morgan fingerprint density at radius 2 is 1.00 bits per heavy atom. The van der Waals surface area contributed by atoms with Crippen molar-refractivity contribution in [1.82, 2.24) is 19.1 Å². The summed E-state index contributed by atoms with van der Waals surface area (Å²) in [6, 6.07) is 60.1. The summed E-state index contributed by atoms with van der Waals surface area (Å²) in [6.45, 7) is 0. The molecule has 0 bridgehead atoms. The van der Waals surface area contributed by atoms with Gasteiger partial charge < -0.3 is 8.98 Å². The van der Waals surface area contributed by atoms with Crippen molar-refractivity contribution in [3.63, 3.8) is 0 Å². The Morgan fingerprint density at radius 1 is 0.377 bits per heavy atom. The molecule has 0 saturated heterocycles. The Balaban J connectivity index is 1.15. The summed E-state index contributed by atoms with van der Waals surface area (Å²) in [5.74, 6) is 0.634. The van der Waals surface area contributed by atoms with Gasteiger partial charge in [0, 0.05) is 49.0 Å². The predicted octanol–water partition coefficient (Wildman–Crippen LogP) is 12.5. The number of para-hydroxylation sites is 4. The van der Waals surface area contributed by atoms with E-state index < -0.39 is 0 Å². The summed E-state index contributed by atoms with van der Waals surface area (Å²) in [5, 5.41) is 10.3. The van der Waals surface area contributed by atoms with Crippen LogP contribution in [0.3, 0.4) is 0 Å². The van der Waals surface area contributed by atoms with Gasteiger partial charge in [-0.15, -0.1) is 0 Å². The molecule has 0 amide bonds. The molecule has 12 aromatic rings. The maximum absolute atomic E-state index is 6.38. The first kappa shape index (κ1) is 28.5. The zero-order valence-corrected chi connectivity index (χ0v) is 28.4. The zero-order valence-electron chi connectivity index (χ0n) is 28.4. The Hall–Kier alpha value is -7.24. The van der Waals surface area contributed by atoms with Crippen LogP contribution in [0.5, 0.6) is 0 Å². The van der Waals surface area contributed by atoms with Gasteiger partial charge in [-0.25, -0.2) is 9.97 Å². The van der Waals surface area contributed by atoms with Crippen molar-refractivity contribution >= 4 is 87.2 Å². The van der Waals surface area contributed by atoms with Gasteiger partial charge in [-0.3, -0.25) is 4.57 Å². The molecule has 4 aromatic heterocycles. The van der Waals surface area contributed by atoms with Crippen LogP contribution < -0.4 is 0 Å². The fourth-order valence-electron chi connectivity index (χ4n) is 8.50. The summed E-state index contributed by atoms with van der Waals surface area (Å²) in [5.41, 5.74) is 10.1. The topological polar surface area (TPSA) is 48.8 Å². The third-order valence-electron chi connectivity index (χ3n) is 10.9. The van der Waals surface area contributed by atoms with Crippen molar-refractivity contribution in [3.8, 4) is 22.9 Å². The Morgan fingerprint density at radius 3 is 1.79 bits per heavy atom. The maximum Gasteiger partial charge on any atom is 0.235 e. The predicted molar refractivity (Wildman–Crippen MR) is 218 cm³/mol. The fourth-order valence-corrected chi connectivity index (χ4v) is 8.50. The lowest BCUT2D eigenvalue weighted by molar-refractivity contribution is 0.669. The second kappa shape index (κ2) is 10.6. The largest absolute Gasteiger partial charge is 0.456 e. The van der Waals surface area contributed by atoms with Gasteiger partial charge in [-0.2, -0.15) is 0 Å². The number of nitrogens with zero attached hydrogens (tertiary/aromatic N) is 4. The molecule has 4 heterocycles. The lowest BCUT2D eigenvalue weighted by Crippen LogP contribution is -2.03. The fraction of sp³-hybridized carbons (Fsp3) is 0. The van der Waals surface area contributed by atoms with E-state index in [9.17, 15) is 0 Å². The van der Waals surface area contributed by atoms with Gasteiger partial charge in [0.15, 0.2) is 0 Å². The summed E-state index contributed by atoms with van der Waals surface area (Å²) in [7, 11) is 0. The van der Waals surface area contributed by atoms with E-state index in [0.29, 0.717) is 5.95 Å². The first-order valence-corrected chi connectivity index (χ1v) is 17.9. The summed E-state index contributed by atoms with van der Waals surface area (Å²) in [4.78, 5) is 10.7. The van der Waals surface area contributed by atoms with Gasteiger partial charge in [0.2, 0.25) is 5.95 Å². The van der Waals surface area contributed by atoms with Crippen LogP contribution in [-0.4, -0.2) is 19.1 Å². The lowest BCUT2D eigenvalue weighted by Gasteiger charge is -2.12. The highest BCUT2D eigenvalue weighted by atomic mass is 16.3. The van der Waals surface area contributed by atoms with Crippen LogP contribution in [0, 0.1) is 0 Å². The minimum absolute atomic E-state index is 0.634. The molecule has 0 aliphatic carbocycles. The first-order chi connectivity index (χ1) is 26.3. The maximum atomic E-state index is 6.38. The molecule has 53 heavy (non-hydrogen) atoms. The Labute approximate surface area is 302 Å². The summed E-state index contributed by atoms with van der Waals surface area (Å²) >= 11 is 0. The number of rotatable bonds is 3. The van der Waals surface area contributed by atoms with E-state index in [0.717, 1.165) is 71.7 Å². The highest BCUT2D eigenvalue weighted by Crippen LogP contribution is 2.41. The van der Waals surface area contributed by atoms with Crippen LogP contribution in [0.2, 0.25) is 0 Å². The second-order valence-corrected chi connectivity index (χ2v) is 13.8. The molecule has 0 aliphatic rings. The van der Waals surface area contributed by atoms with E-state index >= 15 is 0 Å². The molecule has 12 rings (SSSR count). The molecule has 0 saturated carbocycles. The van der Waals surface area contributed by atoms with E-state index in [1.165, 1.54) is 32.4 Å². The summed E-state index contributed by atoms with van der Waals surface area (Å²) in [6.07, 6.45) is 0. The minimum Gasteiger partial charge on any atom is -0.456 e. The van der Waals surface area contributed by atoms with E-state index in [2.05, 4.69) is 179 Å². The highest BCUT2D eigenvalue weighted by molar-refractivity contribution is 6.19. The van der Waals surface area contributed by atoms with Gasteiger partial charge in [0.05, 0.1) is 33.3 Å². The van der Waals surface area contributed by atoms with Crippen molar-refractivity contribution in [2.75, 3.05) is 0 Å². The summed E-state index contributed by atoms with van der Waals surface area (Å²) < 4.78 is 11.0. The van der Waals surface area contributed by atoms with Gasteiger partial charge in [-0.1, -0.05) is 97.1 Å². The smallest absolute Gasteiger partial charge is 0.235 e. The Bertz CT molecular complexity index is 3460. The SMILES string of the molecule is c1ccc(-n2c3ccccc3c3cc4c5ccccc5n(-c5nc(-c6ccc7oc8cc9ccccc9cc8c7c6)c6ccccc6n5)c4cc32)cc1. The van der Waals surface area contributed by atoms with E-state index in [4.69, 9.17) is 14.4 Å². The van der Waals surface area contributed by atoms with Gasteiger partial charge in [0.25, 0.3) is 0 Å². The molecule has 0 N–H and O–H groups in total. The van der Waals surface area contributed by atoms with Gasteiger partial charge in [-0.05, 0) is 83.6 Å². The van der Waals surface area contributed by atoms with Gasteiger partial charge >= 0.3 is 0 Å². The number of hydrogen-bond acceptors (Lipinski definition) is 3. The van der Waals surface area contributed by atoms with Crippen molar-refractivity contribution in [2.24, 2.45) is 0 Å². The van der Waals surface area contributed by atoms with Crippen LogP contribution in [0.15, 0.2) is 174 Å².